The Morgan fingerprint density at radius 2 is 2.16 bits per heavy atom. The van der Waals surface area contributed by atoms with Gasteiger partial charge >= 0.3 is 5.97 Å². The van der Waals surface area contributed by atoms with Crippen LogP contribution in [0.1, 0.15) is 18.9 Å². The second kappa shape index (κ2) is 6.72. The summed E-state index contributed by atoms with van der Waals surface area (Å²) in [5.41, 5.74) is 0.534. The first kappa shape index (κ1) is 14.9. The molecule has 0 bridgehead atoms. The molecule has 2 N–H and O–H groups in total. The average molecular weight is 269 g/mol. The van der Waals surface area contributed by atoms with Gasteiger partial charge in [0.05, 0.1) is 7.11 Å². The molecule has 0 aromatic heterocycles. The van der Waals surface area contributed by atoms with Crippen molar-refractivity contribution in [1.82, 2.24) is 5.32 Å². The van der Waals surface area contributed by atoms with Crippen molar-refractivity contribution >= 4 is 11.9 Å². The number of aliphatic carboxylic acids is 1. The SMILES string of the molecule is CCC(C(=O)O)C(=O)NCc1ccc(OC)c(F)c1. The molecule has 1 amide bonds. The number of benzene rings is 1. The number of nitrogens with one attached hydrogen (secondary N) is 1. The monoisotopic (exact) mass is 269 g/mol. The van der Waals surface area contributed by atoms with Gasteiger partial charge in [-0.05, 0) is 24.1 Å². The number of carbonyl (C=O) groups excluding carboxylic acids is 1. The van der Waals surface area contributed by atoms with E-state index in [4.69, 9.17) is 9.84 Å². The number of ether oxygens (including phenoxy) is 1. The maximum Gasteiger partial charge on any atom is 0.316 e. The van der Waals surface area contributed by atoms with Crippen molar-refractivity contribution < 1.29 is 23.8 Å². The van der Waals surface area contributed by atoms with Crippen molar-refractivity contribution in [3.8, 4) is 5.75 Å². The number of amides is 1. The van der Waals surface area contributed by atoms with Gasteiger partial charge in [-0.3, -0.25) is 9.59 Å². The lowest BCUT2D eigenvalue weighted by Crippen LogP contribution is -2.34. The van der Waals surface area contributed by atoms with Gasteiger partial charge < -0.3 is 15.2 Å². The van der Waals surface area contributed by atoms with Crippen LogP contribution in [-0.2, 0) is 16.1 Å². The lowest BCUT2D eigenvalue weighted by molar-refractivity contribution is -0.147. The Kier molecular flexibility index (Phi) is 5.29. The van der Waals surface area contributed by atoms with E-state index in [1.807, 2.05) is 0 Å². The van der Waals surface area contributed by atoms with Crippen LogP contribution in [-0.4, -0.2) is 24.1 Å². The maximum atomic E-state index is 13.4. The van der Waals surface area contributed by atoms with E-state index in [9.17, 15) is 14.0 Å². The number of hydrogen-bond acceptors (Lipinski definition) is 3. The van der Waals surface area contributed by atoms with Gasteiger partial charge in [-0.2, -0.15) is 0 Å². The number of methoxy groups -OCH3 is 1. The predicted molar refractivity (Wildman–Crippen MR) is 66.2 cm³/mol. The molecule has 1 unspecified atom stereocenters. The Hall–Kier alpha value is -2.11. The molecule has 0 aliphatic rings. The number of carbonyl (C=O) groups is 2. The average Bonchev–Trinajstić information content (AvgIpc) is 2.37. The van der Waals surface area contributed by atoms with Crippen molar-refractivity contribution in [2.45, 2.75) is 19.9 Å². The summed E-state index contributed by atoms with van der Waals surface area (Å²) in [5, 5.41) is 11.3. The standard InChI is InChI=1S/C13H16FNO4/c1-3-9(13(17)18)12(16)15-7-8-4-5-11(19-2)10(14)6-8/h4-6,9H,3,7H2,1-2H3,(H,15,16)(H,17,18). The molecule has 0 aliphatic heterocycles. The van der Waals surface area contributed by atoms with E-state index in [0.717, 1.165) is 0 Å². The smallest absolute Gasteiger partial charge is 0.316 e. The van der Waals surface area contributed by atoms with Crippen LogP contribution in [0.5, 0.6) is 5.75 Å². The van der Waals surface area contributed by atoms with Gasteiger partial charge in [0.1, 0.15) is 5.92 Å². The second-order valence-electron chi connectivity index (χ2n) is 3.99. The Morgan fingerprint density at radius 1 is 1.47 bits per heavy atom. The van der Waals surface area contributed by atoms with Crippen molar-refractivity contribution in [2.75, 3.05) is 7.11 Å². The van der Waals surface area contributed by atoms with Crippen molar-refractivity contribution in [2.24, 2.45) is 5.92 Å². The van der Waals surface area contributed by atoms with Gasteiger partial charge in [0, 0.05) is 6.54 Å². The van der Waals surface area contributed by atoms with Crippen LogP contribution in [0.3, 0.4) is 0 Å². The van der Waals surface area contributed by atoms with Gasteiger partial charge in [-0.15, -0.1) is 0 Å². The molecular weight excluding hydrogens is 253 g/mol. The highest BCUT2D eigenvalue weighted by molar-refractivity contribution is 5.96. The first-order valence-corrected chi connectivity index (χ1v) is 5.82. The number of hydrogen-bond donors (Lipinski definition) is 2. The quantitative estimate of drug-likeness (QED) is 0.768. The van der Waals surface area contributed by atoms with Crippen LogP contribution in [0.15, 0.2) is 18.2 Å². The van der Waals surface area contributed by atoms with Crippen LogP contribution in [0, 0.1) is 11.7 Å². The highest BCUT2D eigenvalue weighted by Crippen LogP contribution is 2.17. The lowest BCUT2D eigenvalue weighted by Gasteiger charge is -2.11. The molecule has 1 atom stereocenters. The summed E-state index contributed by atoms with van der Waals surface area (Å²) in [7, 11) is 1.36. The zero-order chi connectivity index (χ0) is 14.4. The first-order chi connectivity index (χ1) is 8.99. The van der Waals surface area contributed by atoms with Crippen molar-refractivity contribution in [3.05, 3.63) is 29.6 Å². The minimum absolute atomic E-state index is 0.0729. The number of carboxylic acid groups (broad SMARTS) is 1. The summed E-state index contributed by atoms with van der Waals surface area (Å²) < 4.78 is 18.2. The molecule has 19 heavy (non-hydrogen) atoms. The summed E-state index contributed by atoms with van der Waals surface area (Å²) in [6.45, 7) is 1.69. The van der Waals surface area contributed by atoms with Gasteiger partial charge in [0.2, 0.25) is 5.91 Å². The zero-order valence-corrected chi connectivity index (χ0v) is 10.8. The van der Waals surface area contributed by atoms with E-state index in [0.29, 0.717) is 5.56 Å². The van der Waals surface area contributed by atoms with Crippen LogP contribution in [0.25, 0.3) is 0 Å². The van der Waals surface area contributed by atoms with Gasteiger partial charge in [0.25, 0.3) is 0 Å². The molecule has 1 aromatic rings. The summed E-state index contributed by atoms with van der Waals surface area (Å²) in [6, 6.07) is 4.29. The topological polar surface area (TPSA) is 75.6 Å². The third kappa shape index (κ3) is 3.94. The molecule has 0 spiro atoms. The van der Waals surface area contributed by atoms with Gasteiger partial charge in [0.15, 0.2) is 11.6 Å². The molecule has 0 fully saturated rings. The molecule has 1 aromatic carbocycles. The van der Waals surface area contributed by atoms with E-state index in [1.165, 1.54) is 19.2 Å². The van der Waals surface area contributed by atoms with Gasteiger partial charge in [-0.1, -0.05) is 13.0 Å². The molecule has 5 nitrogen and oxygen atoms in total. The molecule has 0 saturated carbocycles. The Labute approximate surface area is 110 Å². The largest absolute Gasteiger partial charge is 0.494 e. The predicted octanol–water partition coefficient (Wildman–Crippen LogP) is 1.56. The van der Waals surface area contributed by atoms with E-state index >= 15 is 0 Å². The van der Waals surface area contributed by atoms with Crippen LogP contribution >= 0.6 is 0 Å². The first-order valence-electron chi connectivity index (χ1n) is 5.82. The maximum absolute atomic E-state index is 13.4. The molecule has 0 heterocycles. The van der Waals surface area contributed by atoms with Crippen molar-refractivity contribution in [1.29, 1.82) is 0 Å². The Balaban J connectivity index is 2.64. The minimum Gasteiger partial charge on any atom is -0.494 e. The van der Waals surface area contributed by atoms with Crippen LogP contribution in [0.4, 0.5) is 4.39 Å². The summed E-state index contributed by atoms with van der Waals surface area (Å²) in [6.07, 6.45) is 0.206. The zero-order valence-electron chi connectivity index (χ0n) is 10.8. The molecule has 6 heteroatoms. The third-order valence-corrected chi connectivity index (χ3v) is 2.71. The third-order valence-electron chi connectivity index (χ3n) is 2.71. The summed E-state index contributed by atoms with van der Waals surface area (Å²) in [5.74, 6) is -3.23. The molecular formula is C13H16FNO4. The molecule has 104 valence electrons. The van der Waals surface area contributed by atoms with Crippen molar-refractivity contribution in [3.63, 3.8) is 0 Å². The molecule has 1 rings (SSSR count). The molecule has 0 aliphatic carbocycles. The molecule has 0 saturated heterocycles. The fourth-order valence-electron chi connectivity index (χ4n) is 1.60. The normalized spacial score (nSPS) is 11.7. The Morgan fingerprint density at radius 3 is 2.63 bits per heavy atom. The highest BCUT2D eigenvalue weighted by Gasteiger charge is 2.23. The fraction of sp³-hybridized carbons (Fsp3) is 0.385. The van der Waals surface area contributed by atoms with Crippen LogP contribution in [0.2, 0.25) is 0 Å². The van der Waals surface area contributed by atoms with E-state index < -0.39 is 23.6 Å². The Bertz CT molecular complexity index is 476. The lowest BCUT2D eigenvalue weighted by atomic mass is 10.1. The van der Waals surface area contributed by atoms with E-state index in [1.54, 1.807) is 13.0 Å². The number of halogens is 1. The number of rotatable bonds is 6. The molecule has 0 radical (unpaired) electrons. The summed E-state index contributed by atoms with van der Waals surface area (Å²) in [4.78, 5) is 22.4. The fourth-order valence-corrected chi connectivity index (χ4v) is 1.60. The second-order valence-corrected chi connectivity index (χ2v) is 3.99. The number of carboxylic acids is 1. The van der Waals surface area contributed by atoms with E-state index in [-0.39, 0.29) is 18.7 Å². The summed E-state index contributed by atoms with van der Waals surface area (Å²) >= 11 is 0. The van der Waals surface area contributed by atoms with E-state index in [2.05, 4.69) is 5.32 Å². The minimum atomic E-state index is -1.17. The van der Waals surface area contributed by atoms with Crippen LogP contribution < -0.4 is 10.1 Å². The van der Waals surface area contributed by atoms with Gasteiger partial charge in [-0.25, -0.2) is 4.39 Å². The highest BCUT2D eigenvalue weighted by atomic mass is 19.1.